The average molecular weight is 318 g/mol. The van der Waals surface area contributed by atoms with Crippen LogP contribution in [0.2, 0.25) is 0 Å². The van der Waals surface area contributed by atoms with Gasteiger partial charge < -0.3 is 9.84 Å². The summed E-state index contributed by atoms with van der Waals surface area (Å²) in [6, 6.07) is 0. The molecule has 0 atom stereocenters. The maximum absolute atomic E-state index is 10.3. The van der Waals surface area contributed by atoms with Crippen LogP contribution in [0.1, 0.15) is 71.1 Å². The minimum absolute atomic E-state index is 0.935. The van der Waals surface area contributed by atoms with Gasteiger partial charge in [0.2, 0.25) is 0 Å². The van der Waals surface area contributed by atoms with Crippen molar-refractivity contribution in [2.75, 3.05) is 0 Å². The minimum atomic E-state index is -0.935. The number of rotatable bonds is 14. The van der Waals surface area contributed by atoms with E-state index < -0.39 is 5.97 Å². The van der Waals surface area contributed by atoms with Gasteiger partial charge in [0.25, 0.3) is 0 Å². The number of ether oxygens (including phenoxy) is 1. The van der Waals surface area contributed by atoms with Gasteiger partial charge in [-0.15, -0.1) is 0 Å². The van der Waals surface area contributed by atoms with Gasteiger partial charge in [-0.05, 0) is 12.5 Å². The number of unbranched alkanes of at least 4 members (excludes halogenated alkanes) is 8. The Kier molecular flexibility index (Phi) is 10.7. The predicted molar refractivity (Wildman–Crippen MR) is 95.0 cm³/mol. The predicted octanol–water partition coefficient (Wildman–Crippen LogP) is 5.90. The first kappa shape index (κ1) is 19.3. The van der Waals surface area contributed by atoms with Crippen LogP contribution in [-0.4, -0.2) is 11.1 Å². The molecule has 3 nitrogen and oxygen atoms in total. The van der Waals surface area contributed by atoms with E-state index in [0.29, 0.717) is 0 Å². The molecule has 1 aliphatic rings. The summed E-state index contributed by atoms with van der Waals surface area (Å²) in [7, 11) is 0. The summed E-state index contributed by atoms with van der Waals surface area (Å²) in [4.78, 5) is 10.3. The molecule has 0 aromatic rings. The van der Waals surface area contributed by atoms with Gasteiger partial charge in [0.1, 0.15) is 5.76 Å². The molecule has 0 bridgehead atoms. The van der Waals surface area contributed by atoms with Crippen LogP contribution in [0, 0.1) is 0 Å². The molecule has 1 heterocycles. The zero-order valence-corrected chi connectivity index (χ0v) is 14.3. The van der Waals surface area contributed by atoms with E-state index >= 15 is 0 Å². The van der Waals surface area contributed by atoms with Gasteiger partial charge in [0, 0.05) is 12.5 Å². The van der Waals surface area contributed by atoms with E-state index in [2.05, 4.69) is 6.92 Å². The quantitative estimate of drug-likeness (QED) is 0.246. The normalized spacial score (nSPS) is 14.3. The average Bonchev–Trinajstić information content (AvgIpc) is 3.27. The van der Waals surface area contributed by atoms with Gasteiger partial charge in [0.15, 0.2) is 5.76 Å². The molecule has 0 unspecified atom stereocenters. The minimum Gasteiger partial charge on any atom is -0.478 e. The first-order valence-electron chi connectivity index (χ1n) is 8.89. The van der Waals surface area contributed by atoms with Crippen molar-refractivity contribution in [1.29, 1.82) is 0 Å². The van der Waals surface area contributed by atoms with E-state index in [9.17, 15) is 4.79 Å². The zero-order valence-electron chi connectivity index (χ0n) is 14.3. The van der Waals surface area contributed by atoms with Crippen LogP contribution in [0.15, 0.2) is 48.0 Å². The maximum atomic E-state index is 10.3. The largest absolute Gasteiger partial charge is 0.478 e. The Hall–Kier alpha value is -1.77. The van der Waals surface area contributed by atoms with E-state index in [-0.39, 0.29) is 0 Å². The lowest BCUT2D eigenvalue weighted by Gasteiger charge is -2.00. The molecule has 1 aliphatic heterocycles. The highest BCUT2D eigenvalue weighted by molar-refractivity contribution is 5.80. The smallest absolute Gasteiger partial charge is 0.328 e. The number of hydrogen-bond donors (Lipinski definition) is 1. The highest BCUT2D eigenvalue weighted by atomic mass is 16.6. The number of carbonyl (C=O) groups is 1. The molecular formula is C20H30O3. The highest BCUT2D eigenvalue weighted by Gasteiger charge is 2.20. The number of allylic oxidation sites excluding steroid dienone is 6. The molecule has 0 aromatic carbocycles. The van der Waals surface area contributed by atoms with Crippen LogP contribution < -0.4 is 0 Å². The second-order valence-electron chi connectivity index (χ2n) is 5.91. The SMILES string of the molecule is CCCCCCCCCCCC1=C(C=CC=CC=CC(=O)O)O1. The number of carboxylic acid groups (broad SMARTS) is 1. The third-order valence-corrected chi connectivity index (χ3v) is 3.79. The second-order valence-corrected chi connectivity index (χ2v) is 5.91. The van der Waals surface area contributed by atoms with E-state index in [1.807, 2.05) is 12.2 Å². The lowest BCUT2D eigenvalue weighted by atomic mass is 10.1. The third-order valence-electron chi connectivity index (χ3n) is 3.79. The topological polar surface area (TPSA) is 49.8 Å². The molecule has 1 N–H and O–H groups in total. The van der Waals surface area contributed by atoms with Crippen molar-refractivity contribution in [2.24, 2.45) is 0 Å². The lowest BCUT2D eigenvalue weighted by Crippen LogP contribution is -1.84. The van der Waals surface area contributed by atoms with E-state index in [4.69, 9.17) is 9.84 Å². The standard InChI is InChI=1S/C20H30O3/c1-2-3-4-5-6-7-8-9-12-15-18-19(23-18)16-13-10-11-14-17-20(21)22/h10-11,13-14,16-17H,2-9,12,15H2,1H3,(H,21,22). The fraction of sp³-hybridized carbons (Fsp3) is 0.550. The molecule has 0 aromatic heterocycles. The molecule has 0 amide bonds. The second kappa shape index (κ2) is 12.7. The molecule has 0 radical (unpaired) electrons. The molecule has 128 valence electrons. The summed E-state index contributed by atoms with van der Waals surface area (Å²) in [6.07, 6.45) is 23.0. The van der Waals surface area contributed by atoms with Crippen LogP contribution in [0.5, 0.6) is 0 Å². The van der Waals surface area contributed by atoms with Crippen LogP contribution >= 0.6 is 0 Å². The van der Waals surface area contributed by atoms with Gasteiger partial charge in [-0.1, -0.05) is 82.6 Å². The summed E-state index contributed by atoms with van der Waals surface area (Å²) in [5, 5.41) is 8.42. The lowest BCUT2D eigenvalue weighted by molar-refractivity contribution is -0.131. The highest BCUT2D eigenvalue weighted by Crippen LogP contribution is 2.32. The molecule has 0 saturated carbocycles. The van der Waals surface area contributed by atoms with Crippen molar-refractivity contribution in [1.82, 2.24) is 0 Å². The fourth-order valence-corrected chi connectivity index (χ4v) is 2.41. The summed E-state index contributed by atoms with van der Waals surface area (Å²) >= 11 is 0. The first-order valence-corrected chi connectivity index (χ1v) is 8.89. The zero-order chi connectivity index (χ0) is 16.8. The Morgan fingerprint density at radius 1 is 0.913 bits per heavy atom. The van der Waals surface area contributed by atoms with E-state index in [1.165, 1.54) is 63.9 Å². The van der Waals surface area contributed by atoms with Crippen molar-refractivity contribution in [3.8, 4) is 0 Å². The number of hydrogen-bond acceptors (Lipinski definition) is 2. The number of aliphatic carboxylic acids is 1. The summed E-state index contributed by atoms with van der Waals surface area (Å²) in [6.45, 7) is 2.25. The molecule has 23 heavy (non-hydrogen) atoms. The van der Waals surface area contributed by atoms with Gasteiger partial charge in [-0.3, -0.25) is 0 Å². The summed E-state index contributed by atoms with van der Waals surface area (Å²) in [5.74, 6) is 1.14. The van der Waals surface area contributed by atoms with Gasteiger partial charge in [-0.25, -0.2) is 4.79 Å². The van der Waals surface area contributed by atoms with Crippen molar-refractivity contribution in [3.05, 3.63) is 48.0 Å². The van der Waals surface area contributed by atoms with Gasteiger partial charge >= 0.3 is 5.97 Å². The Labute approximate surface area is 140 Å². The van der Waals surface area contributed by atoms with E-state index in [1.54, 1.807) is 12.2 Å². The Morgan fingerprint density at radius 2 is 1.52 bits per heavy atom. The van der Waals surface area contributed by atoms with Crippen molar-refractivity contribution >= 4 is 5.97 Å². The van der Waals surface area contributed by atoms with E-state index in [0.717, 1.165) is 24.0 Å². The summed E-state index contributed by atoms with van der Waals surface area (Å²) < 4.78 is 5.43. The molecule has 1 rings (SSSR count). The fourth-order valence-electron chi connectivity index (χ4n) is 2.41. The van der Waals surface area contributed by atoms with Crippen LogP contribution in [0.3, 0.4) is 0 Å². The molecule has 3 heteroatoms. The van der Waals surface area contributed by atoms with Crippen LogP contribution in [0.25, 0.3) is 0 Å². The summed E-state index contributed by atoms with van der Waals surface area (Å²) in [5.41, 5.74) is 0. The van der Waals surface area contributed by atoms with Gasteiger partial charge in [0.05, 0.1) is 0 Å². The monoisotopic (exact) mass is 318 g/mol. The number of carboxylic acids is 1. The maximum Gasteiger partial charge on any atom is 0.328 e. The third kappa shape index (κ3) is 11.5. The Morgan fingerprint density at radius 3 is 2.17 bits per heavy atom. The molecule has 0 aliphatic carbocycles. The molecule has 0 fully saturated rings. The van der Waals surface area contributed by atoms with Gasteiger partial charge in [-0.2, -0.15) is 0 Å². The van der Waals surface area contributed by atoms with Crippen molar-refractivity contribution < 1.29 is 14.6 Å². The van der Waals surface area contributed by atoms with Crippen molar-refractivity contribution in [3.63, 3.8) is 0 Å². The van der Waals surface area contributed by atoms with Crippen molar-refractivity contribution in [2.45, 2.75) is 71.1 Å². The Balaban J connectivity index is 1.97. The van der Waals surface area contributed by atoms with Crippen LogP contribution in [0.4, 0.5) is 0 Å². The Bertz CT molecular complexity index is 456. The molecule has 0 spiro atoms. The molecule has 0 saturated heterocycles. The first-order chi connectivity index (χ1) is 11.2. The molecular weight excluding hydrogens is 288 g/mol. The van der Waals surface area contributed by atoms with Crippen LogP contribution in [-0.2, 0) is 9.53 Å².